The van der Waals surface area contributed by atoms with Gasteiger partial charge in [0, 0.05) is 49.8 Å². The largest absolute Gasteiger partial charge is 0.383 e. The van der Waals surface area contributed by atoms with Crippen LogP contribution in [0.3, 0.4) is 0 Å². The van der Waals surface area contributed by atoms with Crippen LogP contribution in [0.25, 0.3) is 0 Å². The highest BCUT2D eigenvalue weighted by atomic mass is 32.2. The van der Waals surface area contributed by atoms with Crippen LogP contribution in [0.5, 0.6) is 0 Å². The van der Waals surface area contributed by atoms with Gasteiger partial charge < -0.3 is 15.0 Å². The van der Waals surface area contributed by atoms with Gasteiger partial charge in [-0.1, -0.05) is 30.8 Å². The predicted molar refractivity (Wildman–Crippen MR) is 115 cm³/mol. The number of amides is 1. The van der Waals surface area contributed by atoms with E-state index in [1.807, 2.05) is 31.2 Å². The Kier molecular flexibility index (Phi) is 8.73. The van der Waals surface area contributed by atoms with Crippen molar-refractivity contribution >= 4 is 23.5 Å². The Balaban J connectivity index is 2.08. The monoisotopic (exact) mass is 402 g/mol. The average molecular weight is 403 g/mol. The number of nitrogens with one attached hydrogen (secondary N) is 1. The van der Waals surface area contributed by atoms with Gasteiger partial charge in [-0.3, -0.25) is 4.79 Å². The summed E-state index contributed by atoms with van der Waals surface area (Å²) in [6.07, 6.45) is 1.07. The van der Waals surface area contributed by atoms with Gasteiger partial charge in [-0.05, 0) is 38.0 Å². The van der Waals surface area contributed by atoms with E-state index in [2.05, 4.69) is 36.1 Å². The second-order valence-electron chi connectivity index (χ2n) is 6.70. The molecule has 0 aliphatic carbocycles. The Morgan fingerprint density at radius 3 is 2.79 bits per heavy atom. The number of hydrogen-bond donors (Lipinski definition) is 1. The average Bonchev–Trinajstić information content (AvgIpc) is 2.69. The van der Waals surface area contributed by atoms with Crippen molar-refractivity contribution < 1.29 is 9.53 Å². The zero-order valence-electron chi connectivity index (χ0n) is 17.4. The molecule has 2 rings (SSSR count). The first-order chi connectivity index (χ1) is 13.5. The van der Waals surface area contributed by atoms with E-state index >= 15 is 0 Å². The summed E-state index contributed by atoms with van der Waals surface area (Å²) in [5.74, 6) is 1.61. The molecule has 1 aromatic carbocycles. The van der Waals surface area contributed by atoms with Crippen molar-refractivity contribution in [2.75, 3.05) is 38.8 Å². The van der Waals surface area contributed by atoms with Gasteiger partial charge in [-0.2, -0.15) is 0 Å². The highest BCUT2D eigenvalue weighted by Gasteiger charge is 2.12. The summed E-state index contributed by atoms with van der Waals surface area (Å²) in [5.41, 5.74) is 3.84. The minimum Gasteiger partial charge on any atom is -0.383 e. The Morgan fingerprint density at radius 2 is 2.07 bits per heavy atom. The second kappa shape index (κ2) is 11.0. The van der Waals surface area contributed by atoms with Gasteiger partial charge in [0.05, 0.1) is 6.61 Å². The molecule has 0 radical (unpaired) electrons. The number of rotatable bonds is 10. The third kappa shape index (κ3) is 6.21. The zero-order chi connectivity index (χ0) is 20.5. The van der Waals surface area contributed by atoms with Gasteiger partial charge >= 0.3 is 0 Å². The molecule has 1 amide bonds. The fourth-order valence-electron chi connectivity index (χ4n) is 2.78. The summed E-state index contributed by atoms with van der Waals surface area (Å²) < 4.78 is 4.96. The van der Waals surface area contributed by atoms with Crippen LogP contribution in [0, 0.1) is 13.8 Å². The van der Waals surface area contributed by atoms with E-state index in [0.29, 0.717) is 24.5 Å². The molecule has 0 bridgehead atoms. The standard InChI is InChI=1S/C21H30N4O2S/c1-6-11-25(4)19-15(2)16(3)23-21(24-19)28-14-17-8-7-9-18(13-17)20(26)22-10-12-27-5/h7-9,13H,6,10-12,14H2,1-5H3,(H,22,26). The molecule has 0 spiro atoms. The van der Waals surface area contributed by atoms with Crippen LogP contribution in [0.15, 0.2) is 29.4 Å². The summed E-state index contributed by atoms with van der Waals surface area (Å²) in [7, 11) is 3.68. The Hall–Kier alpha value is -2.12. The SMILES string of the molecule is CCCN(C)c1nc(SCc2cccc(C(=O)NCCOC)c2)nc(C)c1C. The Bertz CT molecular complexity index is 798. The van der Waals surface area contributed by atoms with E-state index in [1.54, 1.807) is 18.9 Å². The molecule has 0 atom stereocenters. The molecule has 7 heteroatoms. The summed E-state index contributed by atoms with van der Waals surface area (Å²) >= 11 is 1.59. The summed E-state index contributed by atoms with van der Waals surface area (Å²) in [5, 5.41) is 3.61. The smallest absolute Gasteiger partial charge is 0.251 e. The number of benzene rings is 1. The van der Waals surface area contributed by atoms with Gasteiger partial charge in [-0.15, -0.1) is 0 Å². The fraction of sp³-hybridized carbons (Fsp3) is 0.476. The van der Waals surface area contributed by atoms with Crippen LogP contribution < -0.4 is 10.2 Å². The quantitative estimate of drug-likeness (QED) is 0.372. The summed E-state index contributed by atoms with van der Waals surface area (Å²) in [6.45, 7) is 8.21. The normalized spacial score (nSPS) is 10.8. The first-order valence-corrected chi connectivity index (χ1v) is 10.5. The van der Waals surface area contributed by atoms with Gasteiger partial charge in [0.1, 0.15) is 5.82 Å². The van der Waals surface area contributed by atoms with E-state index in [0.717, 1.165) is 40.8 Å². The maximum Gasteiger partial charge on any atom is 0.251 e. The number of aromatic nitrogens is 2. The number of methoxy groups -OCH3 is 1. The van der Waals surface area contributed by atoms with Gasteiger partial charge in [0.15, 0.2) is 5.16 Å². The first kappa shape index (κ1) is 22.2. The van der Waals surface area contributed by atoms with Crippen molar-refractivity contribution in [1.82, 2.24) is 15.3 Å². The lowest BCUT2D eigenvalue weighted by Crippen LogP contribution is -2.26. The molecule has 0 unspecified atom stereocenters. The molecular weight excluding hydrogens is 372 g/mol. The number of aryl methyl sites for hydroxylation is 1. The lowest BCUT2D eigenvalue weighted by atomic mass is 10.1. The molecule has 152 valence electrons. The van der Waals surface area contributed by atoms with Gasteiger partial charge in [-0.25, -0.2) is 9.97 Å². The maximum atomic E-state index is 12.2. The van der Waals surface area contributed by atoms with Crippen LogP contribution in [-0.2, 0) is 10.5 Å². The van der Waals surface area contributed by atoms with E-state index in [9.17, 15) is 4.79 Å². The van der Waals surface area contributed by atoms with E-state index in [-0.39, 0.29) is 5.91 Å². The molecule has 1 N–H and O–H groups in total. The Morgan fingerprint density at radius 1 is 1.29 bits per heavy atom. The van der Waals surface area contributed by atoms with Crippen molar-refractivity contribution in [2.45, 2.75) is 38.1 Å². The van der Waals surface area contributed by atoms with E-state index < -0.39 is 0 Å². The predicted octanol–water partition coefficient (Wildman–Crippen LogP) is 3.61. The van der Waals surface area contributed by atoms with Gasteiger partial charge in [0.2, 0.25) is 0 Å². The highest BCUT2D eigenvalue weighted by molar-refractivity contribution is 7.98. The van der Waals surface area contributed by atoms with E-state index in [1.165, 1.54) is 0 Å². The minimum absolute atomic E-state index is 0.0881. The van der Waals surface area contributed by atoms with Crippen molar-refractivity contribution in [3.63, 3.8) is 0 Å². The molecule has 6 nitrogen and oxygen atoms in total. The Labute approximate surface area is 172 Å². The van der Waals surface area contributed by atoms with Crippen molar-refractivity contribution in [3.05, 3.63) is 46.6 Å². The third-order valence-corrected chi connectivity index (χ3v) is 5.33. The molecule has 0 fully saturated rings. The number of carbonyl (C=O) groups is 1. The first-order valence-electron chi connectivity index (χ1n) is 9.51. The number of anilines is 1. The lowest BCUT2D eigenvalue weighted by Gasteiger charge is -2.20. The number of thioether (sulfide) groups is 1. The molecule has 0 saturated heterocycles. The molecule has 0 aliphatic rings. The molecule has 0 aliphatic heterocycles. The molecule has 1 aromatic heterocycles. The fourth-order valence-corrected chi connectivity index (χ4v) is 3.61. The number of nitrogens with zero attached hydrogens (tertiary/aromatic N) is 3. The third-order valence-electron chi connectivity index (χ3n) is 4.41. The minimum atomic E-state index is -0.0881. The van der Waals surface area contributed by atoms with Crippen LogP contribution in [-0.4, -0.2) is 49.7 Å². The molecule has 2 aromatic rings. The summed E-state index contributed by atoms with van der Waals surface area (Å²) in [6, 6.07) is 7.66. The second-order valence-corrected chi connectivity index (χ2v) is 7.64. The highest BCUT2D eigenvalue weighted by Crippen LogP contribution is 2.26. The van der Waals surface area contributed by atoms with Crippen molar-refractivity contribution in [3.8, 4) is 0 Å². The topological polar surface area (TPSA) is 67.4 Å². The lowest BCUT2D eigenvalue weighted by molar-refractivity contribution is 0.0937. The molecular formula is C21H30N4O2S. The molecule has 1 heterocycles. The van der Waals surface area contributed by atoms with Crippen molar-refractivity contribution in [1.29, 1.82) is 0 Å². The van der Waals surface area contributed by atoms with E-state index in [4.69, 9.17) is 9.72 Å². The number of ether oxygens (including phenoxy) is 1. The molecule has 0 saturated carbocycles. The number of carbonyl (C=O) groups excluding carboxylic acids is 1. The van der Waals surface area contributed by atoms with Crippen LogP contribution in [0.2, 0.25) is 0 Å². The van der Waals surface area contributed by atoms with Gasteiger partial charge in [0.25, 0.3) is 5.91 Å². The number of hydrogen-bond acceptors (Lipinski definition) is 6. The zero-order valence-corrected chi connectivity index (χ0v) is 18.2. The van der Waals surface area contributed by atoms with Crippen LogP contribution in [0.4, 0.5) is 5.82 Å². The summed E-state index contributed by atoms with van der Waals surface area (Å²) in [4.78, 5) is 23.8. The van der Waals surface area contributed by atoms with Crippen LogP contribution in [0.1, 0.15) is 40.5 Å². The van der Waals surface area contributed by atoms with Crippen molar-refractivity contribution in [2.24, 2.45) is 0 Å². The van der Waals surface area contributed by atoms with Crippen LogP contribution >= 0.6 is 11.8 Å². The maximum absolute atomic E-state index is 12.2. The molecule has 28 heavy (non-hydrogen) atoms.